The summed E-state index contributed by atoms with van der Waals surface area (Å²) in [6.07, 6.45) is 0. The van der Waals surface area contributed by atoms with Crippen LogP contribution in [0.3, 0.4) is 0 Å². The molecule has 1 amide bonds. The van der Waals surface area contributed by atoms with Crippen LogP contribution in [0.1, 0.15) is 11.1 Å². The van der Waals surface area contributed by atoms with Crippen molar-refractivity contribution in [2.24, 2.45) is 4.99 Å². The lowest BCUT2D eigenvalue weighted by atomic mass is 10.0. The minimum atomic E-state index is -0.00994. The molecule has 1 aromatic heterocycles. The van der Waals surface area contributed by atoms with E-state index in [1.165, 1.54) is 0 Å². The molecular weight excluding hydrogens is 480 g/mol. The molecule has 0 saturated carbocycles. The van der Waals surface area contributed by atoms with Crippen LogP contribution in [0.2, 0.25) is 0 Å². The van der Waals surface area contributed by atoms with E-state index in [-0.39, 0.29) is 11.8 Å². The topological polar surface area (TPSA) is 71.9 Å². The third-order valence-electron chi connectivity index (χ3n) is 5.31. The number of carbonyl (C=O) groups is 1. The van der Waals surface area contributed by atoms with Crippen molar-refractivity contribution in [2.45, 2.75) is 0 Å². The maximum absolute atomic E-state index is 12.5. The molecule has 0 aliphatic rings. The third-order valence-corrected chi connectivity index (χ3v) is 5.80. The largest absolute Gasteiger partial charge is 0.494 e. The number of amides is 1. The molecule has 0 saturated heterocycles. The molecule has 0 unspecified atom stereocenters. The van der Waals surface area contributed by atoms with Crippen molar-refractivity contribution in [3.05, 3.63) is 88.4 Å². The van der Waals surface area contributed by atoms with Crippen LogP contribution in [0, 0.1) is 0 Å². The summed E-state index contributed by atoms with van der Waals surface area (Å²) in [7, 11) is 5.49. The van der Waals surface area contributed by atoms with Crippen molar-refractivity contribution in [1.29, 1.82) is 0 Å². The summed E-state index contributed by atoms with van der Waals surface area (Å²) in [4.78, 5) is 24.0. The van der Waals surface area contributed by atoms with Crippen LogP contribution < -0.4 is 4.90 Å². The Labute approximate surface area is 201 Å². The van der Waals surface area contributed by atoms with Gasteiger partial charge in [-0.15, -0.1) is 0 Å². The van der Waals surface area contributed by atoms with Crippen molar-refractivity contribution < 1.29 is 9.90 Å². The van der Waals surface area contributed by atoms with Crippen molar-refractivity contribution in [3.8, 4) is 5.88 Å². The average Bonchev–Trinajstić information content (AvgIpc) is 3.11. The van der Waals surface area contributed by atoms with Crippen LogP contribution in [0.25, 0.3) is 10.9 Å². The van der Waals surface area contributed by atoms with Crippen molar-refractivity contribution >= 4 is 49.8 Å². The summed E-state index contributed by atoms with van der Waals surface area (Å²) in [5.74, 6) is 0.0457. The molecule has 2 N–H and O–H groups in total. The second-order valence-electron chi connectivity index (χ2n) is 8.08. The molecule has 1 heterocycles. The quantitative estimate of drug-likeness (QED) is 0.348. The van der Waals surface area contributed by atoms with Crippen LogP contribution in [0.15, 0.2) is 82.3 Å². The fourth-order valence-corrected chi connectivity index (χ4v) is 4.04. The lowest BCUT2D eigenvalue weighted by Gasteiger charge is -2.20. The number of fused-ring (bicyclic) bond motifs is 1. The fourth-order valence-electron chi connectivity index (χ4n) is 3.68. The monoisotopic (exact) mass is 504 g/mol. The number of H-pyrrole nitrogens is 1. The van der Waals surface area contributed by atoms with Crippen LogP contribution >= 0.6 is 15.9 Å². The van der Waals surface area contributed by atoms with E-state index in [2.05, 4.69) is 20.9 Å². The number of carbonyl (C=O) groups excluding carboxylic acids is 1. The minimum absolute atomic E-state index is 0.00994. The number of halogens is 1. The smallest absolute Gasteiger partial charge is 0.240 e. The number of rotatable bonds is 6. The molecule has 4 rings (SSSR count). The minimum Gasteiger partial charge on any atom is -0.494 e. The molecule has 33 heavy (non-hydrogen) atoms. The number of benzene rings is 3. The normalized spacial score (nSPS) is 11.8. The van der Waals surface area contributed by atoms with Gasteiger partial charge in [0.15, 0.2) is 5.88 Å². The number of hydrogen-bond donors (Lipinski definition) is 2. The molecule has 0 radical (unpaired) electrons. The van der Waals surface area contributed by atoms with Crippen LogP contribution in [-0.4, -0.2) is 54.3 Å². The van der Waals surface area contributed by atoms with E-state index in [0.29, 0.717) is 23.5 Å². The molecule has 0 fully saturated rings. The third kappa shape index (κ3) is 4.99. The fraction of sp³-hybridized carbons (Fsp3) is 0.154. The van der Waals surface area contributed by atoms with Crippen molar-refractivity contribution in [2.75, 3.05) is 32.6 Å². The van der Waals surface area contributed by atoms with E-state index in [1.54, 1.807) is 11.9 Å². The predicted octanol–water partition coefficient (Wildman–Crippen LogP) is 5.33. The number of hydrogen-bond acceptors (Lipinski definition) is 4. The number of aromatic amines is 1. The van der Waals surface area contributed by atoms with Crippen LogP contribution in [0.4, 0.5) is 11.4 Å². The lowest BCUT2D eigenvalue weighted by molar-refractivity contribution is -0.118. The van der Waals surface area contributed by atoms with Gasteiger partial charge < -0.3 is 19.9 Å². The zero-order valence-corrected chi connectivity index (χ0v) is 20.3. The van der Waals surface area contributed by atoms with E-state index in [9.17, 15) is 9.90 Å². The molecule has 0 aliphatic heterocycles. The number of likely N-dealkylation sites (N-methyl/N-ethyl adjacent to an activating group) is 2. The highest BCUT2D eigenvalue weighted by molar-refractivity contribution is 9.10. The summed E-state index contributed by atoms with van der Waals surface area (Å²) in [6, 6.07) is 23.1. The van der Waals surface area contributed by atoms with Crippen molar-refractivity contribution in [1.82, 2.24) is 9.88 Å². The molecule has 6 nitrogen and oxygen atoms in total. The molecule has 4 aromatic rings. The Morgan fingerprint density at radius 1 is 1.00 bits per heavy atom. The number of aromatic nitrogens is 1. The Bertz CT molecular complexity index is 1330. The average molecular weight is 505 g/mol. The molecule has 3 aromatic carbocycles. The number of anilines is 1. The Kier molecular flexibility index (Phi) is 6.62. The Morgan fingerprint density at radius 3 is 2.48 bits per heavy atom. The number of aliphatic imine (C=N–C) groups is 1. The van der Waals surface area contributed by atoms with Crippen LogP contribution in [-0.2, 0) is 4.79 Å². The van der Waals surface area contributed by atoms with Gasteiger partial charge in [-0.05, 0) is 44.4 Å². The first-order valence-corrected chi connectivity index (χ1v) is 11.3. The van der Waals surface area contributed by atoms with Gasteiger partial charge in [-0.3, -0.25) is 4.79 Å². The molecular formula is C26H25BrN4O2. The molecule has 7 heteroatoms. The first-order chi connectivity index (χ1) is 15.8. The SMILES string of the molecule is CN(C)CC(=O)N(C)c1cccc(N=C(c2ccccc2)c2c(O)[nH]c3cc(Br)ccc23)c1. The maximum Gasteiger partial charge on any atom is 0.240 e. The van der Waals surface area contributed by atoms with Gasteiger partial charge in [0.25, 0.3) is 0 Å². The van der Waals surface area contributed by atoms with E-state index >= 15 is 0 Å². The maximum atomic E-state index is 12.5. The first kappa shape index (κ1) is 22.8. The molecule has 168 valence electrons. The molecule has 0 spiro atoms. The summed E-state index contributed by atoms with van der Waals surface area (Å²) >= 11 is 3.48. The summed E-state index contributed by atoms with van der Waals surface area (Å²) in [5.41, 5.74) is 4.39. The highest BCUT2D eigenvalue weighted by atomic mass is 79.9. The zero-order valence-electron chi connectivity index (χ0n) is 18.7. The van der Waals surface area contributed by atoms with Crippen molar-refractivity contribution in [3.63, 3.8) is 0 Å². The predicted molar refractivity (Wildman–Crippen MR) is 138 cm³/mol. The van der Waals surface area contributed by atoms with Gasteiger partial charge >= 0.3 is 0 Å². The molecule has 0 aliphatic carbocycles. The van der Waals surface area contributed by atoms with Gasteiger partial charge in [0, 0.05) is 28.2 Å². The Hall–Kier alpha value is -3.42. The van der Waals surface area contributed by atoms with E-state index in [4.69, 9.17) is 4.99 Å². The van der Waals surface area contributed by atoms with Crippen LogP contribution in [0.5, 0.6) is 5.88 Å². The van der Waals surface area contributed by atoms with Gasteiger partial charge in [-0.25, -0.2) is 4.99 Å². The van der Waals surface area contributed by atoms with Gasteiger partial charge in [-0.1, -0.05) is 58.4 Å². The van der Waals surface area contributed by atoms with E-state index in [0.717, 1.165) is 26.6 Å². The number of aromatic hydroxyl groups is 1. The second-order valence-corrected chi connectivity index (χ2v) is 8.99. The second kappa shape index (κ2) is 9.60. The summed E-state index contributed by atoms with van der Waals surface area (Å²) in [6.45, 7) is 0.317. The first-order valence-electron chi connectivity index (χ1n) is 10.5. The van der Waals surface area contributed by atoms with Gasteiger partial charge in [-0.2, -0.15) is 0 Å². The van der Waals surface area contributed by atoms with E-state index in [1.807, 2.05) is 91.8 Å². The van der Waals surface area contributed by atoms with Gasteiger partial charge in [0.05, 0.1) is 29.0 Å². The number of nitrogens with zero attached hydrogens (tertiary/aromatic N) is 3. The van der Waals surface area contributed by atoms with Gasteiger partial charge in [0.2, 0.25) is 5.91 Å². The van der Waals surface area contributed by atoms with Gasteiger partial charge in [0.1, 0.15) is 0 Å². The highest BCUT2D eigenvalue weighted by Gasteiger charge is 2.19. The standard InChI is InChI=1S/C26H25BrN4O2/c1-30(2)16-23(32)31(3)20-11-7-10-19(15-20)28-25(17-8-5-4-6-9-17)24-21-13-12-18(27)14-22(21)29-26(24)33/h4-15,29,33H,16H2,1-3H3. The Morgan fingerprint density at radius 2 is 1.76 bits per heavy atom. The zero-order chi connectivity index (χ0) is 23.5. The Balaban J connectivity index is 1.84. The molecule has 0 atom stereocenters. The molecule has 0 bridgehead atoms. The van der Waals surface area contributed by atoms with E-state index < -0.39 is 0 Å². The highest BCUT2D eigenvalue weighted by Crippen LogP contribution is 2.33. The summed E-state index contributed by atoms with van der Waals surface area (Å²) < 4.78 is 0.916. The number of nitrogens with one attached hydrogen (secondary N) is 1. The lowest BCUT2D eigenvalue weighted by Crippen LogP contribution is -2.34. The summed E-state index contributed by atoms with van der Waals surface area (Å²) in [5, 5.41) is 11.7.